The van der Waals surface area contributed by atoms with Gasteiger partial charge in [0.25, 0.3) is 5.91 Å². The number of amides is 1. The van der Waals surface area contributed by atoms with E-state index in [2.05, 4.69) is 9.80 Å². The van der Waals surface area contributed by atoms with E-state index in [1.54, 1.807) is 6.07 Å². The van der Waals surface area contributed by atoms with Crippen molar-refractivity contribution < 1.29 is 9.21 Å². The van der Waals surface area contributed by atoms with E-state index in [0.29, 0.717) is 15.6 Å². The van der Waals surface area contributed by atoms with E-state index in [0.717, 1.165) is 54.9 Å². The fraction of sp³-hybridized carbons (Fsp3) is 0.286. The lowest BCUT2D eigenvalue weighted by molar-refractivity contribution is 0.0976. The van der Waals surface area contributed by atoms with Crippen molar-refractivity contribution in [2.24, 2.45) is 5.73 Å². The van der Waals surface area contributed by atoms with E-state index in [9.17, 15) is 4.79 Å². The van der Waals surface area contributed by atoms with Crippen LogP contribution in [0.4, 0.5) is 5.69 Å². The Morgan fingerprint density at radius 2 is 1.79 bits per heavy atom. The summed E-state index contributed by atoms with van der Waals surface area (Å²) in [4.78, 5) is 16.1. The van der Waals surface area contributed by atoms with Crippen molar-refractivity contribution in [2.45, 2.75) is 13.5 Å². The number of benzene rings is 2. The zero-order valence-electron chi connectivity index (χ0n) is 15.5. The monoisotopic (exact) mass is 417 g/mol. The molecule has 0 unspecified atom stereocenters. The number of carbonyl (C=O) groups is 1. The number of primary amides is 1. The summed E-state index contributed by atoms with van der Waals surface area (Å²) in [5, 5.41) is 2.35. The molecule has 1 saturated heterocycles. The molecule has 7 heteroatoms. The van der Waals surface area contributed by atoms with Crippen LogP contribution in [-0.2, 0) is 6.54 Å². The van der Waals surface area contributed by atoms with Crippen LogP contribution in [0, 0.1) is 6.92 Å². The van der Waals surface area contributed by atoms with Gasteiger partial charge in [0.15, 0.2) is 5.76 Å². The summed E-state index contributed by atoms with van der Waals surface area (Å²) in [5.41, 5.74) is 9.25. The molecule has 1 aromatic heterocycles. The predicted octanol–water partition coefficient (Wildman–Crippen LogP) is 4.47. The van der Waals surface area contributed by atoms with Crippen LogP contribution in [0.3, 0.4) is 0 Å². The topological polar surface area (TPSA) is 62.7 Å². The van der Waals surface area contributed by atoms with E-state index in [4.69, 9.17) is 33.4 Å². The first kappa shape index (κ1) is 19.1. The van der Waals surface area contributed by atoms with Crippen LogP contribution in [0.25, 0.3) is 11.0 Å². The predicted molar refractivity (Wildman–Crippen MR) is 113 cm³/mol. The van der Waals surface area contributed by atoms with Crippen molar-refractivity contribution >= 4 is 45.8 Å². The van der Waals surface area contributed by atoms with E-state index in [1.165, 1.54) is 0 Å². The number of hydrogen-bond donors (Lipinski definition) is 1. The summed E-state index contributed by atoms with van der Waals surface area (Å²) < 4.78 is 5.53. The Bertz CT molecular complexity index is 1020. The molecule has 1 aliphatic heterocycles. The molecule has 2 N–H and O–H groups in total. The Labute approximate surface area is 173 Å². The van der Waals surface area contributed by atoms with Crippen LogP contribution in [0.5, 0.6) is 0 Å². The van der Waals surface area contributed by atoms with Gasteiger partial charge in [-0.1, -0.05) is 29.3 Å². The highest BCUT2D eigenvalue weighted by atomic mass is 35.5. The third kappa shape index (κ3) is 3.58. The molecule has 3 aromatic rings. The largest absolute Gasteiger partial charge is 0.451 e. The second-order valence-corrected chi connectivity index (χ2v) is 7.87. The molecule has 0 saturated carbocycles. The van der Waals surface area contributed by atoms with Crippen LogP contribution in [0.1, 0.15) is 21.7 Å². The number of nitrogens with two attached hydrogens (primary N) is 1. The number of furan rings is 1. The highest BCUT2D eigenvalue weighted by molar-refractivity contribution is 6.35. The third-order valence-corrected chi connectivity index (χ3v) is 6.05. The minimum Gasteiger partial charge on any atom is -0.451 e. The number of carbonyl (C=O) groups excluding carboxylic acids is 1. The van der Waals surface area contributed by atoms with Crippen molar-refractivity contribution in [3.8, 4) is 0 Å². The van der Waals surface area contributed by atoms with E-state index >= 15 is 0 Å². The number of piperazine rings is 1. The lowest BCUT2D eigenvalue weighted by atomic mass is 10.1. The standard InChI is InChI=1S/C21H21Cl2N3O2/c1-13-14-11-20(21(24)27)28-19(14)6-5-18(13)26-9-7-25(8-10-26)12-15-16(22)3-2-4-17(15)23/h2-6,11H,7-10,12H2,1H3,(H2,24,27). The maximum absolute atomic E-state index is 11.4. The van der Waals surface area contributed by atoms with Gasteiger partial charge in [-0.15, -0.1) is 0 Å². The van der Waals surface area contributed by atoms with Crippen molar-refractivity contribution in [3.63, 3.8) is 0 Å². The van der Waals surface area contributed by atoms with E-state index < -0.39 is 5.91 Å². The van der Waals surface area contributed by atoms with Gasteiger partial charge in [-0.05, 0) is 42.8 Å². The molecule has 4 rings (SSSR count). The van der Waals surface area contributed by atoms with Gasteiger partial charge in [-0.3, -0.25) is 9.69 Å². The van der Waals surface area contributed by atoms with Gasteiger partial charge in [0.05, 0.1) is 0 Å². The molecular formula is C21H21Cl2N3O2. The number of aryl methyl sites for hydroxylation is 1. The molecule has 0 aliphatic carbocycles. The van der Waals surface area contributed by atoms with Crippen LogP contribution in [0.2, 0.25) is 10.0 Å². The Hall–Kier alpha value is -2.21. The summed E-state index contributed by atoms with van der Waals surface area (Å²) in [6, 6.07) is 11.3. The molecule has 0 atom stereocenters. The van der Waals surface area contributed by atoms with Crippen LogP contribution < -0.4 is 10.6 Å². The van der Waals surface area contributed by atoms with Crippen molar-refractivity contribution in [3.05, 3.63) is 63.3 Å². The van der Waals surface area contributed by atoms with Gasteiger partial charge >= 0.3 is 0 Å². The Morgan fingerprint density at radius 1 is 1.11 bits per heavy atom. The number of nitrogens with zero attached hydrogens (tertiary/aromatic N) is 2. The number of rotatable bonds is 4. The number of halogens is 2. The normalized spacial score (nSPS) is 15.3. The summed E-state index contributed by atoms with van der Waals surface area (Å²) in [6.45, 7) is 6.42. The lowest BCUT2D eigenvalue weighted by Crippen LogP contribution is -2.46. The Kier molecular flexibility index (Phi) is 5.23. The maximum Gasteiger partial charge on any atom is 0.284 e. The minimum atomic E-state index is -0.552. The number of hydrogen-bond acceptors (Lipinski definition) is 4. The first-order chi connectivity index (χ1) is 13.4. The van der Waals surface area contributed by atoms with Crippen LogP contribution in [0.15, 0.2) is 40.8 Å². The average molecular weight is 418 g/mol. The summed E-state index contributed by atoms with van der Waals surface area (Å²) in [5.74, 6) is -0.360. The van der Waals surface area contributed by atoms with E-state index in [-0.39, 0.29) is 5.76 Å². The molecule has 5 nitrogen and oxygen atoms in total. The highest BCUT2D eigenvalue weighted by Crippen LogP contribution is 2.32. The molecule has 2 aromatic carbocycles. The van der Waals surface area contributed by atoms with Gasteiger partial charge in [-0.25, -0.2) is 0 Å². The van der Waals surface area contributed by atoms with Crippen molar-refractivity contribution in [2.75, 3.05) is 31.1 Å². The number of anilines is 1. The van der Waals surface area contributed by atoms with Crippen molar-refractivity contribution in [1.29, 1.82) is 0 Å². The molecule has 2 heterocycles. The SMILES string of the molecule is Cc1c(N2CCN(Cc3c(Cl)cccc3Cl)CC2)ccc2oc(C(N)=O)cc12. The molecule has 146 valence electrons. The highest BCUT2D eigenvalue weighted by Gasteiger charge is 2.21. The zero-order valence-corrected chi connectivity index (χ0v) is 17.1. The molecular weight excluding hydrogens is 397 g/mol. The summed E-state index contributed by atoms with van der Waals surface area (Å²) in [7, 11) is 0. The van der Waals surface area contributed by atoms with Crippen LogP contribution >= 0.6 is 23.2 Å². The average Bonchev–Trinajstić information content (AvgIpc) is 3.12. The zero-order chi connectivity index (χ0) is 19.8. The smallest absolute Gasteiger partial charge is 0.284 e. The van der Waals surface area contributed by atoms with Gasteiger partial charge in [-0.2, -0.15) is 0 Å². The second-order valence-electron chi connectivity index (χ2n) is 7.06. The lowest BCUT2D eigenvalue weighted by Gasteiger charge is -2.37. The molecule has 1 fully saturated rings. The minimum absolute atomic E-state index is 0.191. The first-order valence-corrected chi connectivity index (χ1v) is 9.93. The molecule has 28 heavy (non-hydrogen) atoms. The molecule has 0 spiro atoms. The van der Waals surface area contributed by atoms with Crippen molar-refractivity contribution in [1.82, 2.24) is 4.90 Å². The first-order valence-electron chi connectivity index (χ1n) is 9.17. The molecule has 0 bridgehead atoms. The van der Waals surface area contributed by atoms with Gasteiger partial charge in [0, 0.05) is 59.4 Å². The summed E-state index contributed by atoms with van der Waals surface area (Å²) >= 11 is 12.6. The quantitative estimate of drug-likeness (QED) is 0.679. The molecule has 0 radical (unpaired) electrons. The van der Waals surface area contributed by atoms with Gasteiger partial charge in [0.2, 0.25) is 0 Å². The summed E-state index contributed by atoms with van der Waals surface area (Å²) in [6.07, 6.45) is 0. The van der Waals surface area contributed by atoms with E-state index in [1.807, 2.05) is 37.3 Å². The Balaban J connectivity index is 1.49. The van der Waals surface area contributed by atoms with Gasteiger partial charge in [0.1, 0.15) is 5.58 Å². The maximum atomic E-state index is 11.4. The molecule has 1 amide bonds. The fourth-order valence-electron chi connectivity index (χ4n) is 3.76. The fourth-order valence-corrected chi connectivity index (χ4v) is 4.27. The van der Waals surface area contributed by atoms with Gasteiger partial charge < -0.3 is 15.1 Å². The third-order valence-electron chi connectivity index (χ3n) is 5.34. The van der Waals surface area contributed by atoms with Crippen LogP contribution in [-0.4, -0.2) is 37.0 Å². The number of fused-ring (bicyclic) bond motifs is 1. The second kappa shape index (κ2) is 7.66. The Morgan fingerprint density at radius 3 is 2.43 bits per heavy atom. The molecule has 1 aliphatic rings.